The summed E-state index contributed by atoms with van der Waals surface area (Å²) in [6.07, 6.45) is 0.803. The first kappa shape index (κ1) is 15.3. The molecule has 1 aliphatic rings. The second-order valence-electron chi connectivity index (χ2n) is 5.01. The van der Waals surface area contributed by atoms with E-state index in [4.69, 9.17) is 0 Å². The number of amides is 2. The zero-order chi connectivity index (χ0) is 15.2. The van der Waals surface area contributed by atoms with Gasteiger partial charge in [0, 0.05) is 38.4 Å². The van der Waals surface area contributed by atoms with E-state index in [2.05, 4.69) is 10.2 Å². The summed E-state index contributed by atoms with van der Waals surface area (Å²) >= 11 is 0. The maximum absolute atomic E-state index is 12.9. The van der Waals surface area contributed by atoms with E-state index in [0.717, 1.165) is 12.1 Å². The number of carbonyl (C=O) groups excluding carboxylic acids is 2. The SMILES string of the molecule is CCCNC(=O)C(=O)N1CCN(c2ccc(F)cc2)CC1. The molecule has 1 saturated heterocycles. The number of hydrogen-bond acceptors (Lipinski definition) is 3. The lowest BCUT2D eigenvalue weighted by molar-refractivity contribution is -0.146. The van der Waals surface area contributed by atoms with Crippen molar-refractivity contribution >= 4 is 17.5 Å². The smallest absolute Gasteiger partial charge is 0.312 e. The van der Waals surface area contributed by atoms with E-state index >= 15 is 0 Å². The maximum Gasteiger partial charge on any atom is 0.312 e. The van der Waals surface area contributed by atoms with E-state index in [0.29, 0.717) is 32.7 Å². The van der Waals surface area contributed by atoms with Gasteiger partial charge in [-0.05, 0) is 30.7 Å². The number of halogens is 1. The number of benzene rings is 1. The summed E-state index contributed by atoms with van der Waals surface area (Å²) < 4.78 is 12.9. The highest BCUT2D eigenvalue weighted by Gasteiger charge is 2.25. The topological polar surface area (TPSA) is 52.7 Å². The van der Waals surface area contributed by atoms with E-state index in [9.17, 15) is 14.0 Å². The Morgan fingerprint density at radius 1 is 1.14 bits per heavy atom. The summed E-state index contributed by atoms with van der Waals surface area (Å²) in [6.45, 7) is 4.72. The van der Waals surface area contributed by atoms with Crippen LogP contribution in [-0.2, 0) is 9.59 Å². The molecule has 114 valence electrons. The van der Waals surface area contributed by atoms with Gasteiger partial charge in [-0.3, -0.25) is 9.59 Å². The second kappa shape index (κ2) is 7.06. The number of anilines is 1. The Morgan fingerprint density at radius 2 is 1.76 bits per heavy atom. The molecule has 1 fully saturated rings. The average Bonchev–Trinajstić information content (AvgIpc) is 2.53. The van der Waals surface area contributed by atoms with Crippen molar-refractivity contribution in [2.24, 2.45) is 0 Å². The Kier molecular flexibility index (Phi) is 5.14. The lowest BCUT2D eigenvalue weighted by Crippen LogP contribution is -2.52. The molecule has 1 N–H and O–H groups in total. The van der Waals surface area contributed by atoms with Gasteiger partial charge in [-0.1, -0.05) is 6.92 Å². The summed E-state index contributed by atoms with van der Waals surface area (Å²) in [5.74, 6) is -1.27. The lowest BCUT2D eigenvalue weighted by atomic mass is 10.2. The third-order valence-corrected chi connectivity index (χ3v) is 3.49. The molecule has 0 radical (unpaired) electrons. The third kappa shape index (κ3) is 3.93. The minimum absolute atomic E-state index is 0.264. The van der Waals surface area contributed by atoms with E-state index in [-0.39, 0.29) is 5.82 Å². The first-order valence-electron chi connectivity index (χ1n) is 7.19. The Morgan fingerprint density at radius 3 is 2.33 bits per heavy atom. The van der Waals surface area contributed by atoms with Crippen molar-refractivity contribution in [2.75, 3.05) is 37.6 Å². The molecule has 0 spiro atoms. The van der Waals surface area contributed by atoms with Gasteiger partial charge in [-0.25, -0.2) is 4.39 Å². The van der Waals surface area contributed by atoms with E-state index in [1.165, 1.54) is 12.1 Å². The fraction of sp³-hybridized carbons (Fsp3) is 0.467. The van der Waals surface area contributed by atoms with Crippen molar-refractivity contribution in [3.8, 4) is 0 Å². The Labute approximate surface area is 123 Å². The molecule has 0 bridgehead atoms. The molecule has 0 unspecified atom stereocenters. The zero-order valence-corrected chi connectivity index (χ0v) is 12.1. The van der Waals surface area contributed by atoms with Gasteiger partial charge in [0.2, 0.25) is 0 Å². The molecule has 1 aliphatic heterocycles. The fourth-order valence-electron chi connectivity index (χ4n) is 2.28. The van der Waals surface area contributed by atoms with Gasteiger partial charge in [0.05, 0.1) is 0 Å². The highest BCUT2D eigenvalue weighted by Crippen LogP contribution is 2.16. The van der Waals surface area contributed by atoms with Gasteiger partial charge in [0.1, 0.15) is 5.82 Å². The minimum Gasteiger partial charge on any atom is -0.368 e. The molecule has 6 heteroatoms. The van der Waals surface area contributed by atoms with Crippen LogP contribution >= 0.6 is 0 Å². The van der Waals surface area contributed by atoms with Gasteiger partial charge >= 0.3 is 11.8 Å². The average molecular weight is 293 g/mol. The molecular weight excluding hydrogens is 273 g/mol. The van der Waals surface area contributed by atoms with Crippen LogP contribution in [0.4, 0.5) is 10.1 Å². The van der Waals surface area contributed by atoms with Crippen molar-refractivity contribution < 1.29 is 14.0 Å². The van der Waals surface area contributed by atoms with Gasteiger partial charge in [-0.2, -0.15) is 0 Å². The van der Waals surface area contributed by atoms with Crippen molar-refractivity contribution in [1.82, 2.24) is 10.2 Å². The minimum atomic E-state index is -0.535. The molecule has 0 saturated carbocycles. The largest absolute Gasteiger partial charge is 0.368 e. The van der Waals surface area contributed by atoms with Crippen molar-refractivity contribution in [2.45, 2.75) is 13.3 Å². The van der Waals surface area contributed by atoms with E-state index in [1.54, 1.807) is 17.0 Å². The van der Waals surface area contributed by atoms with Crippen LogP contribution in [0.3, 0.4) is 0 Å². The predicted molar refractivity (Wildman–Crippen MR) is 78.5 cm³/mol. The quantitative estimate of drug-likeness (QED) is 0.846. The van der Waals surface area contributed by atoms with Crippen LogP contribution in [0, 0.1) is 5.82 Å². The lowest BCUT2D eigenvalue weighted by Gasteiger charge is -2.35. The first-order chi connectivity index (χ1) is 10.1. The first-order valence-corrected chi connectivity index (χ1v) is 7.19. The van der Waals surface area contributed by atoms with Crippen molar-refractivity contribution in [3.63, 3.8) is 0 Å². The molecule has 21 heavy (non-hydrogen) atoms. The van der Waals surface area contributed by atoms with Crippen molar-refractivity contribution in [1.29, 1.82) is 0 Å². The van der Waals surface area contributed by atoms with Crippen molar-refractivity contribution in [3.05, 3.63) is 30.1 Å². The molecule has 0 aliphatic carbocycles. The van der Waals surface area contributed by atoms with Crippen LogP contribution in [0.15, 0.2) is 24.3 Å². The number of nitrogens with one attached hydrogen (secondary N) is 1. The van der Waals surface area contributed by atoms with Crippen LogP contribution in [0.2, 0.25) is 0 Å². The molecule has 1 aromatic rings. The Hall–Kier alpha value is -2.11. The molecule has 5 nitrogen and oxygen atoms in total. The summed E-state index contributed by atoms with van der Waals surface area (Å²) in [4.78, 5) is 27.2. The maximum atomic E-state index is 12.9. The Balaban J connectivity index is 1.86. The van der Waals surface area contributed by atoms with Crippen LogP contribution in [0.5, 0.6) is 0 Å². The fourth-order valence-corrected chi connectivity index (χ4v) is 2.28. The molecule has 2 amide bonds. The molecule has 1 heterocycles. The summed E-state index contributed by atoms with van der Waals surface area (Å²) in [7, 11) is 0. The highest BCUT2D eigenvalue weighted by atomic mass is 19.1. The van der Waals surface area contributed by atoms with Gasteiger partial charge in [0.15, 0.2) is 0 Å². The highest BCUT2D eigenvalue weighted by molar-refractivity contribution is 6.35. The summed E-state index contributed by atoms with van der Waals surface area (Å²) in [6, 6.07) is 6.29. The normalized spacial score (nSPS) is 15.0. The molecule has 1 aromatic carbocycles. The molecule has 0 aromatic heterocycles. The third-order valence-electron chi connectivity index (χ3n) is 3.49. The number of hydrogen-bond donors (Lipinski definition) is 1. The van der Waals surface area contributed by atoms with Crippen LogP contribution in [0.25, 0.3) is 0 Å². The van der Waals surface area contributed by atoms with Gasteiger partial charge in [0.25, 0.3) is 0 Å². The predicted octanol–water partition coefficient (Wildman–Crippen LogP) is 1.00. The number of nitrogens with zero attached hydrogens (tertiary/aromatic N) is 2. The van der Waals surface area contributed by atoms with Crippen LogP contribution < -0.4 is 10.2 Å². The zero-order valence-electron chi connectivity index (χ0n) is 12.1. The van der Waals surface area contributed by atoms with E-state index in [1.807, 2.05) is 6.92 Å². The second-order valence-corrected chi connectivity index (χ2v) is 5.01. The Bertz CT molecular complexity index is 496. The monoisotopic (exact) mass is 293 g/mol. The summed E-state index contributed by atoms with van der Waals surface area (Å²) in [5.41, 5.74) is 0.930. The standard InChI is InChI=1S/C15H20FN3O2/c1-2-7-17-14(20)15(21)19-10-8-18(9-11-19)13-5-3-12(16)4-6-13/h3-6H,2,7-11H2,1H3,(H,17,20). The molecular formula is C15H20FN3O2. The van der Waals surface area contributed by atoms with E-state index < -0.39 is 11.8 Å². The number of carbonyl (C=O) groups is 2. The number of rotatable bonds is 3. The molecule has 2 rings (SSSR count). The molecule has 0 atom stereocenters. The van der Waals surface area contributed by atoms with Gasteiger partial charge in [-0.15, -0.1) is 0 Å². The van der Waals surface area contributed by atoms with Gasteiger partial charge < -0.3 is 15.1 Å². The number of piperazine rings is 1. The summed E-state index contributed by atoms with van der Waals surface area (Å²) in [5, 5.41) is 2.59. The van der Waals surface area contributed by atoms with Crippen LogP contribution in [0.1, 0.15) is 13.3 Å². The van der Waals surface area contributed by atoms with Crippen LogP contribution in [-0.4, -0.2) is 49.4 Å².